The lowest BCUT2D eigenvalue weighted by molar-refractivity contribution is 0.0382. The van der Waals surface area contributed by atoms with E-state index in [-0.39, 0.29) is 0 Å². The van der Waals surface area contributed by atoms with Crippen LogP contribution in [0.1, 0.15) is 24.3 Å². The van der Waals surface area contributed by atoms with Crippen LogP contribution in [0.25, 0.3) is 0 Å². The Hall–Kier alpha value is -0.0900. The molecule has 1 atom stereocenters. The summed E-state index contributed by atoms with van der Waals surface area (Å²) in [4.78, 5) is 0.862. The molecule has 0 bridgehead atoms. The molecule has 1 aromatic rings. The minimum Gasteiger partial charge on any atom is -0.385 e. The first-order valence-corrected chi connectivity index (χ1v) is 5.44. The van der Waals surface area contributed by atoms with E-state index in [0.29, 0.717) is 17.6 Å². The number of aliphatic hydroxyl groups excluding tert-OH is 1. The molecule has 1 aromatic heterocycles. The maximum atomic E-state index is 9.59. The Morgan fingerprint density at radius 2 is 2.38 bits per heavy atom. The molecule has 0 saturated carbocycles. The second-order valence-electron chi connectivity index (χ2n) is 2.73. The van der Waals surface area contributed by atoms with Crippen LogP contribution in [0.5, 0.6) is 0 Å². The van der Waals surface area contributed by atoms with Crippen molar-refractivity contribution in [1.82, 2.24) is 0 Å². The van der Waals surface area contributed by atoms with Gasteiger partial charge in [0.05, 0.1) is 10.9 Å². The smallest absolute Gasteiger partial charge is 0.111 e. The van der Waals surface area contributed by atoms with E-state index in [4.69, 9.17) is 16.3 Å². The number of rotatable bonds is 5. The molecule has 1 N–H and O–H groups in total. The second kappa shape index (κ2) is 5.60. The third kappa shape index (κ3) is 3.65. The fraction of sp³-hybridized carbons (Fsp3) is 0.556. The van der Waals surface area contributed by atoms with E-state index >= 15 is 0 Å². The van der Waals surface area contributed by atoms with Crippen LogP contribution in [0.15, 0.2) is 12.1 Å². The van der Waals surface area contributed by atoms with E-state index < -0.39 is 6.10 Å². The molecule has 1 unspecified atom stereocenters. The van der Waals surface area contributed by atoms with Crippen molar-refractivity contribution in [2.24, 2.45) is 0 Å². The minimum absolute atomic E-state index is 0.352. The fourth-order valence-corrected chi connectivity index (χ4v) is 1.96. The van der Waals surface area contributed by atoms with Crippen molar-refractivity contribution in [2.75, 3.05) is 13.2 Å². The van der Waals surface area contributed by atoms with E-state index in [9.17, 15) is 5.11 Å². The first kappa shape index (κ1) is 11.0. The van der Waals surface area contributed by atoms with E-state index in [1.807, 2.05) is 13.0 Å². The summed E-state index contributed by atoms with van der Waals surface area (Å²) < 4.78 is 5.92. The van der Waals surface area contributed by atoms with Crippen LogP contribution in [0.4, 0.5) is 0 Å². The van der Waals surface area contributed by atoms with Crippen molar-refractivity contribution in [3.05, 3.63) is 21.3 Å². The molecular weight excluding hydrogens is 208 g/mol. The van der Waals surface area contributed by atoms with Gasteiger partial charge < -0.3 is 9.84 Å². The van der Waals surface area contributed by atoms with E-state index in [1.165, 1.54) is 11.3 Å². The van der Waals surface area contributed by atoms with Gasteiger partial charge in [-0.1, -0.05) is 18.5 Å². The number of thiophene rings is 1. The average Bonchev–Trinajstić information content (AvgIpc) is 2.52. The lowest BCUT2D eigenvalue weighted by Gasteiger charge is -2.08. The third-order valence-corrected chi connectivity index (χ3v) is 2.88. The van der Waals surface area contributed by atoms with Gasteiger partial charge >= 0.3 is 0 Å². The Morgan fingerprint density at radius 3 is 2.92 bits per heavy atom. The molecule has 2 nitrogen and oxygen atoms in total. The van der Waals surface area contributed by atoms with Gasteiger partial charge in [-0.25, -0.2) is 0 Å². The zero-order valence-electron chi connectivity index (χ0n) is 7.50. The van der Waals surface area contributed by atoms with Crippen LogP contribution in [0.2, 0.25) is 4.34 Å². The molecule has 0 aliphatic heterocycles. The molecule has 0 amide bonds. The van der Waals surface area contributed by atoms with Crippen LogP contribution in [0, 0.1) is 0 Å². The molecule has 0 radical (unpaired) electrons. The summed E-state index contributed by atoms with van der Waals surface area (Å²) in [6.07, 6.45) is 0.432. The van der Waals surface area contributed by atoms with Crippen molar-refractivity contribution < 1.29 is 9.84 Å². The van der Waals surface area contributed by atoms with Crippen molar-refractivity contribution in [2.45, 2.75) is 19.4 Å². The first-order chi connectivity index (χ1) is 6.24. The molecule has 0 saturated heterocycles. The quantitative estimate of drug-likeness (QED) is 0.774. The van der Waals surface area contributed by atoms with Gasteiger partial charge in [0.15, 0.2) is 0 Å². The van der Waals surface area contributed by atoms with Crippen LogP contribution in [0.3, 0.4) is 0 Å². The molecule has 1 heterocycles. The largest absolute Gasteiger partial charge is 0.385 e. The van der Waals surface area contributed by atoms with Crippen molar-refractivity contribution in [3.63, 3.8) is 0 Å². The topological polar surface area (TPSA) is 29.5 Å². The SMILES string of the molecule is CCCOCC(O)c1ccc(Cl)s1. The van der Waals surface area contributed by atoms with E-state index in [1.54, 1.807) is 6.07 Å². The van der Waals surface area contributed by atoms with E-state index in [0.717, 1.165) is 11.3 Å². The van der Waals surface area contributed by atoms with Crippen molar-refractivity contribution >= 4 is 22.9 Å². The standard InChI is InChI=1S/C9H13ClO2S/c1-2-5-12-6-7(11)8-3-4-9(10)13-8/h3-4,7,11H,2,5-6H2,1H3. The summed E-state index contributed by atoms with van der Waals surface area (Å²) in [5, 5.41) is 9.59. The number of aliphatic hydroxyl groups is 1. The minimum atomic E-state index is -0.538. The molecule has 0 aromatic carbocycles. The molecule has 74 valence electrons. The molecule has 0 aliphatic rings. The Bertz CT molecular complexity index is 250. The van der Waals surface area contributed by atoms with Crippen LogP contribution in [-0.4, -0.2) is 18.3 Å². The van der Waals surface area contributed by atoms with Gasteiger partial charge in [0.25, 0.3) is 0 Å². The highest BCUT2D eigenvalue weighted by Gasteiger charge is 2.09. The third-order valence-electron chi connectivity index (χ3n) is 1.55. The summed E-state index contributed by atoms with van der Waals surface area (Å²) in [5.74, 6) is 0. The van der Waals surface area contributed by atoms with Gasteiger partial charge in [0.1, 0.15) is 6.10 Å². The summed E-state index contributed by atoms with van der Waals surface area (Å²) >= 11 is 7.12. The molecular formula is C9H13ClO2S. The summed E-state index contributed by atoms with van der Waals surface area (Å²) in [6.45, 7) is 3.08. The zero-order valence-corrected chi connectivity index (χ0v) is 9.07. The second-order valence-corrected chi connectivity index (χ2v) is 4.48. The lowest BCUT2D eigenvalue weighted by atomic mass is 10.3. The average molecular weight is 221 g/mol. The Labute approximate surface area is 87.1 Å². The molecule has 1 rings (SSSR count). The highest BCUT2D eigenvalue weighted by atomic mass is 35.5. The molecule has 0 fully saturated rings. The van der Waals surface area contributed by atoms with Crippen LogP contribution >= 0.6 is 22.9 Å². The Balaban J connectivity index is 2.35. The number of halogens is 1. The normalized spacial score (nSPS) is 13.2. The molecule has 0 aliphatic carbocycles. The molecule has 13 heavy (non-hydrogen) atoms. The summed E-state index contributed by atoms with van der Waals surface area (Å²) in [6, 6.07) is 3.61. The maximum absolute atomic E-state index is 9.59. The van der Waals surface area contributed by atoms with Gasteiger partial charge in [-0.2, -0.15) is 0 Å². The number of hydrogen-bond acceptors (Lipinski definition) is 3. The predicted octanol–water partition coefficient (Wildman–Crippen LogP) is 2.86. The summed E-state index contributed by atoms with van der Waals surface area (Å²) in [5.41, 5.74) is 0. The van der Waals surface area contributed by atoms with E-state index in [2.05, 4.69) is 0 Å². The van der Waals surface area contributed by atoms with Gasteiger partial charge in [-0.15, -0.1) is 11.3 Å². The van der Waals surface area contributed by atoms with Crippen LogP contribution in [-0.2, 0) is 4.74 Å². The summed E-state index contributed by atoms with van der Waals surface area (Å²) in [7, 11) is 0. The monoisotopic (exact) mass is 220 g/mol. The van der Waals surface area contributed by atoms with Crippen molar-refractivity contribution in [1.29, 1.82) is 0 Å². The van der Waals surface area contributed by atoms with Gasteiger partial charge in [-0.3, -0.25) is 0 Å². The highest BCUT2D eigenvalue weighted by Crippen LogP contribution is 2.26. The van der Waals surface area contributed by atoms with Gasteiger partial charge in [0, 0.05) is 11.5 Å². The zero-order chi connectivity index (χ0) is 9.68. The predicted molar refractivity (Wildman–Crippen MR) is 55.4 cm³/mol. The van der Waals surface area contributed by atoms with Crippen LogP contribution < -0.4 is 0 Å². The number of hydrogen-bond donors (Lipinski definition) is 1. The van der Waals surface area contributed by atoms with Gasteiger partial charge in [0.2, 0.25) is 0 Å². The van der Waals surface area contributed by atoms with Crippen molar-refractivity contribution in [3.8, 4) is 0 Å². The fourth-order valence-electron chi connectivity index (χ4n) is 0.929. The number of ether oxygens (including phenoxy) is 1. The Morgan fingerprint density at radius 1 is 1.62 bits per heavy atom. The molecule has 4 heteroatoms. The highest BCUT2D eigenvalue weighted by molar-refractivity contribution is 7.16. The Kier molecular flexibility index (Phi) is 4.73. The van der Waals surface area contributed by atoms with Gasteiger partial charge in [-0.05, 0) is 18.6 Å². The lowest BCUT2D eigenvalue weighted by Crippen LogP contribution is -2.05. The first-order valence-electron chi connectivity index (χ1n) is 4.25. The molecule has 0 spiro atoms. The maximum Gasteiger partial charge on any atom is 0.111 e.